The Morgan fingerprint density at radius 1 is 0.481 bits per heavy atom. The van der Waals surface area contributed by atoms with Gasteiger partial charge in [0.15, 0.2) is 0 Å². The highest BCUT2D eigenvalue weighted by atomic mass is 19.4. The van der Waals surface area contributed by atoms with Crippen molar-refractivity contribution in [3.8, 4) is 23.0 Å². The Hall–Kier alpha value is -4.34. The molecule has 54 heavy (non-hydrogen) atoms. The first-order valence-corrected chi connectivity index (χ1v) is 19.4. The van der Waals surface area contributed by atoms with E-state index in [1.54, 1.807) is 12.1 Å². The molecule has 4 N–H and O–H groups in total. The first-order chi connectivity index (χ1) is 25.8. The quantitative estimate of drug-likeness (QED) is 0.139. The molecule has 0 aromatic heterocycles. The molecule has 0 unspecified atom stereocenters. The minimum absolute atomic E-state index is 0.00612. The van der Waals surface area contributed by atoms with Gasteiger partial charge in [-0.2, -0.15) is 26.3 Å². The molecule has 7 rings (SSSR count). The van der Waals surface area contributed by atoms with E-state index in [-0.39, 0.29) is 34.7 Å². The molecule has 10 heteroatoms. The molecule has 4 aromatic carbocycles. The Morgan fingerprint density at radius 2 is 0.870 bits per heavy atom. The Bertz CT molecular complexity index is 1800. The van der Waals surface area contributed by atoms with Crippen molar-refractivity contribution < 1.29 is 35.8 Å². The lowest BCUT2D eigenvalue weighted by molar-refractivity contribution is -0.139. The normalized spacial score (nSPS) is 18.7. The molecule has 3 fully saturated rings. The van der Waals surface area contributed by atoms with Crippen LogP contribution in [-0.4, -0.2) is 0 Å². The summed E-state index contributed by atoms with van der Waals surface area (Å²) in [6.45, 7) is 0. The van der Waals surface area contributed by atoms with Crippen LogP contribution in [0.5, 0.6) is 23.0 Å². The predicted octanol–water partition coefficient (Wildman–Crippen LogP) is 13.8. The summed E-state index contributed by atoms with van der Waals surface area (Å²) in [7, 11) is 0. The molecule has 3 aliphatic rings. The number of anilines is 2. The zero-order chi connectivity index (χ0) is 38.1. The van der Waals surface area contributed by atoms with Gasteiger partial charge in [0.2, 0.25) is 0 Å². The summed E-state index contributed by atoms with van der Waals surface area (Å²) in [5, 5.41) is 0. The molecule has 0 heterocycles. The highest BCUT2D eigenvalue weighted by Gasteiger charge is 2.42. The first kappa shape index (κ1) is 38.0. The number of nitrogen functional groups attached to an aromatic ring is 2. The van der Waals surface area contributed by atoms with E-state index in [2.05, 4.69) is 12.1 Å². The highest BCUT2D eigenvalue weighted by Crippen LogP contribution is 2.53. The zero-order valence-corrected chi connectivity index (χ0v) is 30.4. The summed E-state index contributed by atoms with van der Waals surface area (Å²) in [6.07, 6.45) is 6.09. The second kappa shape index (κ2) is 15.4. The van der Waals surface area contributed by atoms with Crippen LogP contribution in [0.15, 0.2) is 72.8 Å². The van der Waals surface area contributed by atoms with Gasteiger partial charge in [0.1, 0.15) is 34.1 Å². The molecule has 4 nitrogen and oxygen atoms in total. The topological polar surface area (TPSA) is 70.5 Å². The van der Waals surface area contributed by atoms with Crippen LogP contribution >= 0.6 is 0 Å². The molecular weight excluding hydrogens is 702 g/mol. The third kappa shape index (κ3) is 8.03. The van der Waals surface area contributed by atoms with Crippen LogP contribution in [0.25, 0.3) is 0 Å². The molecule has 0 bridgehead atoms. The number of hydrogen-bond acceptors (Lipinski definition) is 4. The number of nitrogens with two attached hydrogens (primary N) is 2. The molecule has 0 saturated heterocycles. The van der Waals surface area contributed by atoms with Gasteiger partial charge in [0, 0.05) is 16.8 Å². The van der Waals surface area contributed by atoms with Crippen LogP contribution in [0.3, 0.4) is 0 Å². The third-order valence-corrected chi connectivity index (χ3v) is 11.9. The third-order valence-electron chi connectivity index (χ3n) is 11.9. The van der Waals surface area contributed by atoms with Crippen molar-refractivity contribution in [2.24, 2.45) is 0 Å². The van der Waals surface area contributed by atoms with Gasteiger partial charge in [-0.25, -0.2) is 0 Å². The lowest BCUT2D eigenvalue weighted by atomic mass is 9.60. The fraction of sp³-hybridized carbons (Fsp3) is 0.455. The van der Waals surface area contributed by atoms with E-state index >= 15 is 0 Å². The molecule has 0 radical (unpaired) electrons. The summed E-state index contributed by atoms with van der Waals surface area (Å²) >= 11 is 0. The van der Waals surface area contributed by atoms with Crippen LogP contribution in [-0.2, 0) is 17.8 Å². The van der Waals surface area contributed by atoms with Gasteiger partial charge in [-0.15, -0.1) is 0 Å². The van der Waals surface area contributed by atoms with Crippen molar-refractivity contribution in [3.05, 3.63) is 106 Å². The molecule has 3 saturated carbocycles. The zero-order valence-electron chi connectivity index (χ0n) is 30.4. The largest absolute Gasteiger partial charge is 0.457 e. The maximum atomic E-state index is 14.1. The second-order valence-electron chi connectivity index (χ2n) is 15.5. The Kier molecular flexibility index (Phi) is 10.8. The van der Waals surface area contributed by atoms with Crippen LogP contribution in [0.1, 0.15) is 142 Å². The van der Waals surface area contributed by atoms with Gasteiger partial charge < -0.3 is 20.9 Å². The standard InChI is InChI=1S/C44H48F6N2O2/c45-43(46,47)38-24-30(51)14-20-40(38)53-32-16-18-36(34(26-32)28-10-4-1-5-11-28)42(22-8-3-9-23-42)37-19-17-33(27-35(37)29-12-6-2-7-13-29)54-41-21-15-31(52)25-39(41)44(48,49)50/h14-21,24-29H,1-13,22-23,51-52H2. The molecule has 288 valence electrons. The fourth-order valence-electron chi connectivity index (χ4n) is 9.39. The Balaban J connectivity index is 1.36. The first-order valence-electron chi connectivity index (χ1n) is 19.4. The van der Waals surface area contributed by atoms with Gasteiger partial charge in [-0.3, -0.25) is 0 Å². The van der Waals surface area contributed by atoms with Crippen LogP contribution < -0.4 is 20.9 Å². The predicted molar refractivity (Wildman–Crippen MR) is 200 cm³/mol. The smallest absolute Gasteiger partial charge is 0.420 e. The second-order valence-corrected chi connectivity index (χ2v) is 15.5. The maximum absolute atomic E-state index is 14.1. The number of hydrogen-bond donors (Lipinski definition) is 2. The molecule has 0 spiro atoms. The van der Waals surface area contributed by atoms with E-state index in [4.69, 9.17) is 20.9 Å². The molecule has 0 atom stereocenters. The van der Waals surface area contributed by atoms with E-state index in [1.807, 2.05) is 12.1 Å². The van der Waals surface area contributed by atoms with Gasteiger partial charge in [0.25, 0.3) is 0 Å². The molecular formula is C44H48F6N2O2. The van der Waals surface area contributed by atoms with Crippen molar-refractivity contribution in [1.82, 2.24) is 0 Å². The van der Waals surface area contributed by atoms with E-state index in [1.165, 1.54) is 35.4 Å². The van der Waals surface area contributed by atoms with Crippen LogP contribution in [0, 0.1) is 0 Å². The van der Waals surface area contributed by atoms with Crippen molar-refractivity contribution in [2.45, 2.75) is 126 Å². The van der Waals surface area contributed by atoms with Gasteiger partial charge >= 0.3 is 12.4 Å². The van der Waals surface area contributed by atoms with Crippen LogP contribution in [0.2, 0.25) is 0 Å². The van der Waals surface area contributed by atoms with E-state index < -0.39 is 28.9 Å². The van der Waals surface area contributed by atoms with E-state index in [0.717, 1.165) is 120 Å². The van der Waals surface area contributed by atoms with Crippen molar-refractivity contribution in [2.75, 3.05) is 11.5 Å². The van der Waals surface area contributed by atoms with E-state index in [0.29, 0.717) is 11.5 Å². The molecule has 4 aromatic rings. The summed E-state index contributed by atoms with van der Waals surface area (Å²) in [5.74, 6) is 0.544. The average Bonchev–Trinajstić information content (AvgIpc) is 3.16. The SMILES string of the molecule is Nc1ccc(Oc2ccc(C3(c4ccc(Oc5ccc(N)cc5C(F)(F)F)cc4C4CCCCC4)CCCCC3)c(C3CCCCC3)c2)c(C(F)(F)F)c1. The summed E-state index contributed by atoms with van der Waals surface area (Å²) in [6, 6.07) is 18.9. The number of benzene rings is 4. The van der Waals surface area contributed by atoms with Crippen molar-refractivity contribution in [3.63, 3.8) is 0 Å². The number of rotatable bonds is 8. The maximum Gasteiger partial charge on any atom is 0.420 e. The summed E-state index contributed by atoms with van der Waals surface area (Å²) in [4.78, 5) is 0. The lowest BCUT2D eigenvalue weighted by Crippen LogP contribution is -2.34. The Morgan fingerprint density at radius 3 is 1.26 bits per heavy atom. The molecule has 0 aliphatic heterocycles. The minimum Gasteiger partial charge on any atom is -0.457 e. The monoisotopic (exact) mass is 750 g/mol. The van der Waals surface area contributed by atoms with Crippen molar-refractivity contribution in [1.29, 1.82) is 0 Å². The average molecular weight is 751 g/mol. The van der Waals surface area contributed by atoms with Gasteiger partial charge in [-0.05, 0) is 133 Å². The van der Waals surface area contributed by atoms with Gasteiger partial charge in [0.05, 0.1) is 0 Å². The number of alkyl halides is 6. The molecule has 0 amide bonds. The molecule has 3 aliphatic carbocycles. The summed E-state index contributed by atoms with van der Waals surface area (Å²) < 4.78 is 96.6. The van der Waals surface area contributed by atoms with Gasteiger partial charge in [-0.1, -0.05) is 69.9 Å². The van der Waals surface area contributed by atoms with Crippen LogP contribution in [0.4, 0.5) is 37.7 Å². The lowest BCUT2D eigenvalue weighted by Gasteiger charge is -2.43. The highest BCUT2D eigenvalue weighted by molar-refractivity contribution is 5.56. The summed E-state index contributed by atoms with van der Waals surface area (Å²) in [5.41, 5.74) is 13.8. The number of ether oxygens (including phenoxy) is 2. The fourth-order valence-corrected chi connectivity index (χ4v) is 9.39. The number of halogens is 6. The van der Waals surface area contributed by atoms with E-state index in [9.17, 15) is 26.3 Å². The Labute approximate surface area is 313 Å². The minimum atomic E-state index is -4.64. The van der Waals surface area contributed by atoms with Crippen molar-refractivity contribution >= 4 is 11.4 Å².